The van der Waals surface area contributed by atoms with E-state index in [-0.39, 0.29) is 5.56 Å². The van der Waals surface area contributed by atoms with Gasteiger partial charge >= 0.3 is 0 Å². The topological polar surface area (TPSA) is 41.8 Å². The molecule has 1 N–H and O–H groups in total. The molecule has 0 saturated carbocycles. The lowest BCUT2D eigenvalue weighted by Gasteiger charge is -2.21. The van der Waals surface area contributed by atoms with Crippen molar-refractivity contribution < 1.29 is 13.5 Å². The van der Waals surface area contributed by atoms with Crippen LogP contribution in [0.5, 0.6) is 5.75 Å². The minimum atomic E-state index is -0.873. The van der Waals surface area contributed by atoms with E-state index >= 15 is 0 Å². The lowest BCUT2D eigenvalue weighted by molar-refractivity contribution is 0.298. The lowest BCUT2D eigenvalue weighted by atomic mass is 10.0. The van der Waals surface area contributed by atoms with E-state index in [4.69, 9.17) is 4.74 Å². The molecule has 1 aromatic heterocycles. The molecule has 2 aliphatic rings. The minimum Gasteiger partial charge on any atom is -0.492 e. The van der Waals surface area contributed by atoms with E-state index in [1.54, 1.807) is 6.07 Å². The molecule has 6 rings (SSSR count). The summed E-state index contributed by atoms with van der Waals surface area (Å²) in [6.07, 6.45) is 9.18. The molecule has 3 heterocycles. The summed E-state index contributed by atoms with van der Waals surface area (Å²) in [6, 6.07) is 24.8. The maximum atomic E-state index is 14.2. The largest absolute Gasteiger partial charge is 0.492 e. The van der Waals surface area contributed by atoms with Gasteiger partial charge in [0, 0.05) is 36.9 Å². The van der Waals surface area contributed by atoms with Crippen molar-refractivity contribution in [3.63, 3.8) is 0 Å². The molecule has 0 aliphatic carbocycles. The molecule has 2 aliphatic heterocycles. The first-order chi connectivity index (χ1) is 18.6. The molecule has 190 valence electrons. The molecule has 0 spiro atoms. The van der Waals surface area contributed by atoms with Gasteiger partial charge in [-0.1, -0.05) is 48.5 Å². The Morgan fingerprint density at radius 1 is 0.868 bits per heavy atom. The van der Waals surface area contributed by atoms with Crippen LogP contribution in [0.25, 0.3) is 11.1 Å². The van der Waals surface area contributed by atoms with Gasteiger partial charge in [0.2, 0.25) is 0 Å². The highest BCUT2D eigenvalue weighted by atomic mass is 19.2. The number of hydrogen-bond acceptors (Lipinski definition) is 4. The maximum absolute atomic E-state index is 14.2. The zero-order valence-corrected chi connectivity index (χ0v) is 20.6. The van der Waals surface area contributed by atoms with Gasteiger partial charge in [0.25, 0.3) is 0 Å². The predicted molar refractivity (Wildman–Crippen MR) is 144 cm³/mol. The Hall–Kier alpha value is -4.65. The normalized spacial score (nSPS) is 16.1. The summed E-state index contributed by atoms with van der Waals surface area (Å²) < 4.78 is 35.8. The Balaban J connectivity index is 1.06. The molecule has 38 heavy (non-hydrogen) atoms. The van der Waals surface area contributed by atoms with Crippen LogP contribution in [0, 0.1) is 11.6 Å². The van der Waals surface area contributed by atoms with E-state index in [0.29, 0.717) is 13.2 Å². The number of aromatic nitrogens is 1. The van der Waals surface area contributed by atoms with Gasteiger partial charge in [-0.15, -0.1) is 0 Å². The smallest absolute Gasteiger partial charge is 0.166 e. The molecule has 0 fully saturated rings. The van der Waals surface area contributed by atoms with Gasteiger partial charge in [0.15, 0.2) is 11.6 Å². The summed E-state index contributed by atoms with van der Waals surface area (Å²) in [7, 11) is 0. The van der Waals surface area contributed by atoms with Gasteiger partial charge < -0.3 is 19.5 Å². The number of aliphatic imine (C=N–C) groups is 1. The minimum absolute atomic E-state index is 0.194. The summed E-state index contributed by atoms with van der Waals surface area (Å²) in [5.41, 5.74) is 5.11. The molecule has 1 atom stereocenters. The first-order valence-electron chi connectivity index (χ1n) is 12.5. The Morgan fingerprint density at radius 3 is 2.37 bits per heavy atom. The summed E-state index contributed by atoms with van der Waals surface area (Å²) in [6.45, 7) is 2.10. The number of halogens is 2. The monoisotopic (exact) mass is 508 g/mol. The third-order valence-corrected chi connectivity index (χ3v) is 6.62. The third-order valence-electron chi connectivity index (χ3n) is 6.62. The molecule has 0 bridgehead atoms. The molecule has 7 heteroatoms. The second-order valence-electron chi connectivity index (χ2n) is 9.23. The van der Waals surface area contributed by atoms with Crippen LogP contribution in [0.4, 0.5) is 8.78 Å². The number of rotatable bonds is 8. The van der Waals surface area contributed by atoms with Crippen molar-refractivity contribution in [2.24, 2.45) is 4.99 Å². The first-order valence-corrected chi connectivity index (χ1v) is 12.5. The van der Waals surface area contributed by atoms with Gasteiger partial charge in [-0.25, -0.2) is 8.78 Å². The number of benzene rings is 3. The van der Waals surface area contributed by atoms with Gasteiger partial charge in [0.05, 0.1) is 18.0 Å². The highest BCUT2D eigenvalue weighted by Crippen LogP contribution is 2.29. The Kier molecular flexibility index (Phi) is 6.48. The molecule has 0 radical (unpaired) electrons. The Labute approximate surface area is 220 Å². The molecule has 0 amide bonds. The highest BCUT2D eigenvalue weighted by Gasteiger charge is 2.27. The fourth-order valence-electron chi connectivity index (χ4n) is 4.60. The summed E-state index contributed by atoms with van der Waals surface area (Å²) in [4.78, 5) is 6.55. The average molecular weight is 509 g/mol. The second kappa shape index (κ2) is 10.4. The molecule has 1 unspecified atom stereocenters. The molecule has 5 nitrogen and oxygen atoms in total. The van der Waals surface area contributed by atoms with E-state index in [0.717, 1.165) is 46.5 Å². The number of fused-ring (bicyclic) bond motifs is 1. The van der Waals surface area contributed by atoms with Crippen LogP contribution >= 0.6 is 0 Å². The second-order valence-corrected chi connectivity index (χ2v) is 9.23. The number of nitrogens with one attached hydrogen (secondary N) is 1. The van der Waals surface area contributed by atoms with E-state index in [1.807, 2.05) is 60.0 Å². The van der Waals surface area contributed by atoms with Crippen molar-refractivity contribution >= 4 is 5.71 Å². The van der Waals surface area contributed by atoms with Crippen LogP contribution in [-0.2, 0) is 13.1 Å². The number of nitrogens with zero attached hydrogens (tertiary/aromatic N) is 3. The van der Waals surface area contributed by atoms with Crippen LogP contribution in [0.15, 0.2) is 120 Å². The van der Waals surface area contributed by atoms with E-state index in [9.17, 15) is 8.78 Å². The standard InChI is InChI=1S/C31H26F2N4O/c32-27-5-3-4-26(30(27)33)31-34-28-14-17-37(21-29(28)35-31)20-22-6-8-23(9-7-22)24-10-12-25(13-11-24)38-19-18-36-15-1-2-16-36/h1-17,21,31,35H,18-20H2. The van der Waals surface area contributed by atoms with Crippen LogP contribution < -0.4 is 10.1 Å². The van der Waals surface area contributed by atoms with Gasteiger partial charge in [-0.05, 0) is 53.1 Å². The fraction of sp³-hybridized carbons (Fsp3) is 0.129. The lowest BCUT2D eigenvalue weighted by Crippen LogP contribution is -2.22. The number of ether oxygens (including phenoxy) is 1. The number of allylic oxidation sites excluding steroid dienone is 1. The summed E-state index contributed by atoms with van der Waals surface area (Å²) in [5, 5.41) is 3.19. The van der Waals surface area contributed by atoms with Crippen molar-refractivity contribution in [1.82, 2.24) is 14.8 Å². The molecule has 0 saturated heterocycles. The van der Waals surface area contributed by atoms with Gasteiger partial charge in [-0.3, -0.25) is 4.99 Å². The van der Waals surface area contributed by atoms with Crippen LogP contribution in [0.3, 0.4) is 0 Å². The van der Waals surface area contributed by atoms with Crippen molar-refractivity contribution in [3.8, 4) is 16.9 Å². The quantitative estimate of drug-likeness (QED) is 0.298. The molecular formula is C31H26F2N4O. The van der Waals surface area contributed by atoms with Crippen molar-refractivity contribution in [3.05, 3.63) is 138 Å². The van der Waals surface area contributed by atoms with Crippen molar-refractivity contribution in [2.75, 3.05) is 6.61 Å². The van der Waals surface area contributed by atoms with Crippen LogP contribution in [0.1, 0.15) is 17.3 Å². The van der Waals surface area contributed by atoms with Crippen molar-refractivity contribution in [2.45, 2.75) is 19.3 Å². The zero-order valence-electron chi connectivity index (χ0n) is 20.6. The summed E-state index contributed by atoms with van der Waals surface area (Å²) >= 11 is 0. The van der Waals surface area contributed by atoms with Gasteiger partial charge in [-0.2, -0.15) is 0 Å². The molecule has 3 aromatic carbocycles. The summed E-state index contributed by atoms with van der Waals surface area (Å²) in [5.74, 6) is -0.889. The van der Waals surface area contributed by atoms with Gasteiger partial charge in [0.1, 0.15) is 18.5 Å². The SMILES string of the molecule is Fc1cccc(C2N=C3C=CN(Cc4ccc(-c5ccc(OCCn6cccc6)cc5)cc4)C=C3N2)c1F. The number of hydrogen-bond donors (Lipinski definition) is 1. The van der Waals surface area contributed by atoms with Crippen LogP contribution in [-0.4, -0.2) is 21.8 Å². The molecular weight excluding hydrogens is 482 g/mol. The zero-order chi connectivity index (χ0) is 25.9. The molecule has 4 aromatic rings. The highest BCUT2D eigenvalue weighted by molar-refractivity contribution is 6.10. The average Bonchev–Trinajstić information content (AvgIpc) is 3.61. The van der Waals surface area contributed by atoms with E-state index in [1.165, 1.54) is 6.07 Å². The first kappa shape index (κ1) is 23.7. The predicted octanol–water partition coefficient (Wildman–Crippen LogP) is 6.43. The van der Waals surface area contributed by atoms with Crippen LogP contribution in [0.2, 0.25) is 0 Å². The Morgan fingerprint density at radius 2 is 1.61 bits per heavy atom. The Bertz CT molecular complexity index is 1510. The maximum Gasteiger partial charge on any atom is 0.166 e. The van der Waals surface area contributed by atoms with E-state index < -0.39 is 17.8 Å². The fourth-order valence-corrected chi connectivity index (χ4v) is 4.60. The third kappa shape index (κ3) is 5.09. The van der Waals surface area contributed by atoms with Crippen molar-refractivity contribution in [1.29, 1.82) is 0 Å². The van der Waals surface area contributed by atoms with E-state index in [2.05, 4.69) is 51.3 Å².